The van der Waals surface area contributed by atoms with Crippen molar-refractivity contribution in [1.29, 1.82) is 0 Å². The van der Waals surface area contributed by atoms with Gasteiger partial charge in [0.25, 0.3) is 0 Å². The quantitative estimate of drug-likeness (QED) is 0.0573. The number of aromatic amines is 2. The lowest BCUT2D eigenvalue weighted by Crippen LogP contribution is -3.00. The van der Waals surface area contributed by atoms with Crippen LogP contribution in [0.25, 0.3) is 89.7 Å². The van der Waals surface area contributed by atoms with E-state index in [0.717, 1.165) is 43.8 Å². The summed E-state index contributed by atoms with van der Waals surface area (Å²) in [5, 5.41) is 3.82. The first kappa shape index (κ1) is 60.4. The van der Waals surface area contributed by atoms with E-state index in [2.05, 4.69) is 51.8 Å². The van der Waals surface area contributed by atoms with Crippen molar-refractivity contribution < 1.29 is 42.0 Å². The summed E-state index contributed by atoms with van der Waals surface area (Å²) in [6.45, 7) is 17.8. The predicted molar refractivity (Wildman–Crippen MR) is 324 cm³/mol. The molecule has 12 nitrogen and oxygen atoms in total. The molecule has 0 atom stereocenters. The van der Waals surface area contributed by atoms with Gasteiger partial charge in [0, 0.05) is 43.8 Å². The van der Waals surface area contributed by atoms with E-state index in [1.54, 1.807) is 0 Å². The highest BCUT2D eigenvalue weighted by Gasteiger charge is 2.39. The lowest BCUT2D eigenvalue weighted by Gasteiger charge is -2.40. The summed E-state index contributed by atoms with van der Waals surface area (Å²) in [5.41, 5.74) is 6.45. The van der Waals surface area contributed by atoms with Gasteiger partial charge in [0.2, 0.25) is 0 Å². The van der Waals surface area contributed by atoms with Gasteiger partial charge in [0.1, 0.15) is 22.6 Å². The fourth-order valence-corrected chi connectivity index (χ4v) is 24.4. The Balaban J connectivity index is 0.000000204. The first-order chi connectivity index (χ1) is 37.6. The van der Waals surface area contributed by atoms with Crippen LogP contribution in [0.1, 0.15) is 105 Å². The third-order valence-corrected chi connectivity index (χ3v) is 29.6. The van der Waals surface area contributed by atoms with Crippen molar-refractivity contribution in [3.05, 3.63) is 97.1 Å². The predicted octanol–water partition coefficient (Wildman–Crippen LogP) is 9.00. The number of quaternary nitrogens is 2. The van der Waals surface area contributed by atoms with Crippen LogP contribution in [0.2, 0.25) is 36.3 Å². The summed E-state index contributed by atoms with van der Waals surface area (Å²) in [4.78, 5) is 36.8. The van der Waals surface area contributed by atoms with E-state index in [0.29, 0.717) is 55.9 Å². The van der Waals surface area contributed by atoms with Crippen molar-refractivity contribution in [1.82, 2.24) is 39.9 Å². The Morgan fingerprint density at radius 1 is 0.405 bits per heavy atom. The van der Waals surface area contributed by atoms with Crippen LogP contribution >= 0.6 is 0 Å². The normalized spacial score (nSPS) is 15.6. The lowest BCUT2D eigenvalue weighted by atomic mass is 10.1. The zero-order valence-electron chi connectivity index (χ0n) is 47.9. The summed E-state index contributed by atoms with van der Waals surface area (Å²) in [5.74, 6) is 2.39. The summed E-state index contributed by atoms with van der Waals surface area (Å²) in [6.07, 6.45) is 16.4. The third kappa shape index (κ3) is 14.0. The number of benzene rings is 4. The van der Waals surface area contributed by atoms with Gasteiger partial charge in [-0.15, -0.1) is 0 Å². The molecule has 0 spiro atoms. The summed E-state index contributed by atoms with van der Waals surface area (Å²) < 4.78 is 16.7. The fourth-order valence-electron chi connectivity index (χ4n) is 13.2. The van der Waals surface area contributed by atoms with Crippen molar-refractivity contribution in [2.45, 2.75) is 141 Å². The molecular weight excluding hydrogens is 1070 g/mol. The summed E-state index contributed by atoms with van der Waals surface area (Å²) in [7, 11) is 1.86. The average Bonchev–Trinajstić information content (AvgIpc) is 4.38. The van der Waals surface area contributed by atoms with Gasteiger partial charge in [0.15, 0.2) is 39.9 Å². The molecule has 17 heteroatoms. The number of fused-ring (bicyclic) bond motifs is 20. The molecule has 2 fully saturated rings. The van der Waals surface area contributed by atoms with Gasteiger partial charge >= 0.3 is 10.0 Å². The van der Waals surface area contributed by atoms with E-state index in [4.69, 9.17) is 38.1 Å². The van der Waals surface area contributed by atoms with Gasteiger partial charge in [-0.2, -0.15) is 0 Å². The molecule has 2 N–H and O–H groups in total. The average molecular weight is 1160 g/mol. The molecule has 0 aliphatic carbocycles. The van der Waals surface area contributed by atoms with Crippen LogP contribution in [0, 0.1) is 0 Å². The van der Waals surface area contributed by atoms with Gasteiger partial charge in [0.05, 0.1) is 53.4 Å². The second-order valence-electron chi connectivity index (χ2n) is 23.4. The molecule has 4 aliphatic rings. The maximum Gasteiger partial charge on any atom is 0.410 e. The minimum absolute atomic E-state index is 0. The summed E-state index contributed by atoms with van der Waals surface area (Å²) >= 11 is 0. The van der Waals surface area contributed by atoms with Crippen LogP contribution in [0.4, 0.5) is 0 Å². The van der Waals surface area contributed by atoms with Crippen LogP contribution in [-0.2, 0) is 8.23 Å². The molecule has 420 valence electrons. The van der Waals surface area contributed by atoms with Crippen LogP contribution in [0.3, 0.4) is 0 Å². The zero-order chi connectivity index (χ0) is 53.3. The molecule has 4 aromatic carbocycles. The van der Waals surface area contributed by atoms with Crippen molar-refractivity contribution in [2.75, 3.05) is 53.4 Å². The molecular formula is C62H84Cl2N10O2Si3. The molecule has 8 bridgehead atoms. The highest BCUT2D eigenvalue weighted by molar-refractivity contribution is 6.80. The Hall–Kier alpha value is -4.69. The maximum absolute atomic E-state index is 7.07. The van der Waals surface area contributed by atoms with Gasteiger partial charge < -0.3 is 52.0 Å². The van der Waals surface area contributed by atoms with E-state index in [-0.39, 0.29) is 24.8 Å². The molecule has 2 radical (unpaired) electrons. The number of likely N-dealkylation sites (tertiary alicyclic amines) is 2. The Morgan fingerprint density at radius 2 is 0.684 bits per heavy atom. The number of rotatable bonds is 20. The second-order valence-corrected chi connectivity index (χ2v) is 32.9. The molecule has 0 amide bonds. The minimum Gasteiger partial charge on any atom is -1.00 e. The smallest absolute Gasteiger partial charge is 0.410 e. The van der Waals surface area contributed by atoms with Gasteiger partial charge in [-0.25, -0.2) is 29.9 Å². The lowest BCUT2D eigenvalue weighted by molar-refractivity contribution is -0.914. The zero-order valence-corrected chi connectivity index (χ0v) is 52.4. The van der Waals surface area contributed by atoms with Crippen LogP contribution in [0.15, 0.2) is 97.1 Å². The molecule has 79 heavy (non-hydrogen) atoms. The van der Waals surface area contributed by atoms with Crippen LogP contribution < -0.4 is 24.8 Å². The highest BCUT2D eigenvalue weighted by atomic mass is 35.5. The Morgan fingerprint density at radius 3 is 0.962 bits per heavy atom. The SMILES string of the molecule is CCC[Si](CCC)(CCC[N+]1(C)CCCCC1)O[Si]O[Si](CCC)(CCC)CCC[N+]1(C)CCCCC1.[Cl-].[Cl-].c1ccc2c(c1)-c1nc-2nc2[nH]c(nc3nc(nc4[nH]c(n1)c1ccccc41)-c1ccccc1-3)c1ccccc21. The van der Waals surface area contributed by atoms with Crippen molar-refractivity contribution >= 4 is 70.8 Å². The molecule has 0 saturated carbocycles. The van der Waals surface area contributed by atoms with Crippen LogP contribution in [-0.4, -0.2) is 129 Å². The van der Waals surface area contributed by atoms with E-state index in [1.807, 2.05) is 97.1 Å². The number of nitrogens with zero attached hydrogens (tertiary/aromatic N) is 8. The molecule has 11 rings (SSSR count). The number of piperidine rings is 2. The Bertz CT molecular complexity index is 2920. The standard InChI is InChI=1S/C32H18N8.C30H66N2O2Si3.2ClH/c1-2-10-18-17(9-1)25-33-26(18)38-28-21-13-5-6-14-22(21)30(35-28)40-32-24-16-8-7-15-23(24)31(36-32)39-29-20-12-4-3-11-19(20)27(34-29)37-25;1-7-25-36(26-8-2,29-17-23-31(5)19-13-11-14-20-31)33-35-34-37(27-9-3,28-10-4)30-18-24-32(6)21-15-12-16-22-32;;/h1-16H,(H2,33,34,35,36,37,38,39,40);7-30H2,1-6H3;2*1H/q;+2;;/p-2. The first-order valence-corrected chi connectivity index (χ1v) is 35.4. The molecule has 0 unspecified atom stereocenters. The van der Waals surface area contributed by atoms with Gasteiger partial charge in [-0.3, -0.25) is 0 Å². The number of nitrogens with one attached hydrogen (secondary N) is 2. The highest BCUT2D eigenvalue weighted by Crippen LogP contribution is 2.38. The second kappa shape index (κ2) is 27.4. The van der Waals surface area contributed by atoms with E-state index in [1.165, 1.54) is 162 Å². The Labute approximate surface area is 486 Å². The molecule has 4 aliphatic heterocycles. The largest absolute Gasteiger partial charge is 1.00 e. The minimum atomic E-state index is -1.73. The maximum atomic E-state index is 7.07. The topological polar surface area (TPSA) is 127 Å². The van der Waals surface area contributed by atoms with E-state index in [9.17, 15) is 0 Å². The molecule has 2 saturated heterocycles. The monoisotopic (exact) mass is 1150 g/mol. The first-order valence-electron chi connectivity index (χ1n) is 29.6. The van der Waals surface area contributed by atoms with Gasteiger partial charge in [-0.05, 0) is 87.6 Å². The third-order valence-electron chi connectivity index (χ3n) is 17.3. The number of aromatic nitrogens is 8. The molecule has 7 heterocycles. The number of halogens is 2. The van der Waals surface area contributed by atoms with E-state index < -0.39 is 16.6 Å². The number of hydrogen-bond acceptors (Lipinski definition) is 8. The van der Waals surface area contributed by atoms with Crippen LogP contribution in [0.5, 0.6) is 0 Å². The molecule has 7 aromatic rings. The Kier molecular flexibility index (Phi) is 20.9. The summed E-state index contributed by atoms with van der Waals surface area (Å²) in [6, 6.07) is 40.2. The number of H-pyrrole nitrogens is 2. The van der Waals surface area contributed by atoms with Gasteiger partial charge in [-0.1, -0.05) is 150 Å². The van der Waals surface area contributed by atoms with Crippen molar-refractivity contribution in [3.8, 4) is 45.6 Å². The van der Waals surface area contributed by atoms with E-state index >= 15 is 0 Å². The molecule has 3 aromatic heterocycles. The number of hydrogen-bond donors (Lipinski definition) is 2. The fraction of sp³-hybridized carbons (Fsp3) is 0.484. The van der Waals surface area contributed by atoms with Crippen molar-refractivity contribution in [3.63, 3.8) is 0 Å². The van der Waals surface area contributed by atoms with Crippen molar-refractivity contribution in [2.24, 2.45) is 0 Å².